The molecule has 1 amide bonds. The molecule has 0 radical (unpaired) electrons. The van der Waals surface area contributed by atoms with Gasteiger partial charge in [0.2, 0.25) is 5.91 Å². The van der Waals surface area contributed by atoms with Crippen LogP contribution >= 0.6 is 0 Å². The van der Waals surface area contributed by atoms with Crippen LogP contribution in [0.3, 0.4) is 0 Å². The van der Waals surface area contributed by atoms with E-state index in [1.54, 1.807) is 0 Å². The average Bonchev–Trinajstić information content (AvgIpc) is 3.28. The van der Waals surface area contributed by atoms with Crippen molar-refractivity contribution < 1.29 is 4.79 Å². The molecule has 4 rings (SSSR count). The minimum Gasteiger partial charge on any atom is -0.327 e. The summed E-state index contributed by atoms with van der Waals surface area (Å²) >= 11 is 0. The highest BCUT2D eigenvalue weighted by molar-refractivity contribution is 5.96. The van der Waals surface area contributed by atoms with Gasteiger partial charge in [-0.2, -0.15) is 0 Å². The minimum absolute atomic E-state index is 0.134. The fourth-order valence-electron chi connectivity index (χ4n) is 4.08. The van der Waals surface area contributed by atoms with Crippen LogP contribution in [0.15, 0.2) is 48.5 Å². The number of para-hydroxylation sites is 2. The fourth-order valence-corrected chi connectivity index (χ4v) is 4.08. The molecule has 1 fully saturated rings. The Labute approximate surface area is 167 Å². The molecule has 1 aromatic heterocycles. The number of benzene rings is 2. The van der Waals surface area contributed by atoms with Crippen LogP contribution in [0.2, 0.25) is 0 Å². The third-order valence-corrected chi connectivity index (χ3v) is 6.02. The predicted octanol–water partition coefficient (Wildman–Crippen LogP) is 5.17. The van der Waals surface area contributed by atoms with Crippen LogP contribution in [-0.4, -0.2) is 22.0 Å². The first-order valence-corrected chi connectivity index (χ1v) is 10.4. The van der Waals surface area contributed by atoms with Crippen molar-refractivity contribution in [3.63, 3.8) is 0 Å². The van der Waals surface area contributed by atoms with E-state index >= 15 is 0 Å². The Morgan fingerprint density at radius 3 is 2.57 bits per heavy atom. The highest BCUT2D eigenvalue weighted by Crippen LogP contribution is 2.33. The molecule has 0 saturated carbocycles. The molecule has 2 heterocycles. The molecule has 3 aromatic rings. The summed E-state index contributed by atoms with van der Waals surface area (Å²) in [6.45, 7) is 8.30. The average molecular weight is 376 g/mol. The van der Waals surface area contributed by atoms with Gasteiger partial charge < -0.3 is 9.47 Å². The molecular weight excluding hydrogens is 346 g/mol. The number of aryl methyl sites for hydroxylation is 1. The monoisotopic (exact) mass is 375 g/mol. The number of hydrogen-bond acceptors (Lipinski definition) is 2. The third kappa shape index (κ3) is 3.44. The van der Waals surface area contributed by atoms with Crippen LogP contribution in [0.25, 0.3) is 11.0 Å². The fraction of sp³-hybridized carbons (Fsp3) is 0.417. The number of fused-ring (bicyclic) bond motifs is 1. The van der Waals surface area contributed by atoms with Crippen molar-refractivity contribution in [3.8, 4) is 0 Å². The van der Waals surface area contributed by atoms with Crippen molar-refractivity contribution >= 4 is 22.6 Å². The van der Waals surface area contributed by atoms with Gasteiger partial charge in [-0.1, -0.05) is 51.5 Å². The lowest BCUT2D eigenvalue weighted by atomic mass is 10.1. The normalized spacial score (nSPS) is 18.2. The van der Waals surface area contributed by atoms with Gasteiger partial charge in [0.1, 0.15) is 5.82 Å². The van der Waals surface area contributed by atoms with E-state index in [-0.39, 0.29) is 11.8 Å². The Bertz CT molecular complexity index is 973. The molecule has 1 aliphatic rings. The van der Waals surface area contributed by atoms with Gasteiger partial charge >= 0.3 is 0 Å². The molecule has 4 heteroatoms. The Hall–Kier alpha value is -2.62. The maximum atomic E-state index is 12.8. The summed E-state index contributed by atoms with van der Waals surface area (Å²) in [5, 5.41) is 0. The smallest absolute Gasteiger partial charge is 0.227 e. The van der Waals surface area contributed by atoms with E-state index in [9.17, 15) is 4.79 Å². The van der Waals surface area contributed by atoms with E-state index in [4.69, 9.17) is 4.98 Å². The number of aromatic nitrogens is 2. The van der Waals surface area contributed by atoms with Crippen molar-refractivity contribution in [2.75, 3.05) is 11.4 Å². The van der Waals surface area contributed by atoms with E-state index in [0.717, 1.165) is 36.4 Å². The predicted molar refractivity (Wildman–Crippen MR) is 115 cm³/mol. The molecule has 4 nitrogen and oxygen atoms in total. The number of amides is 1. The molecule has 2 atom stereocenters. The number of anilines is 1. The first-order chi connectivity index (χ1) is 13.6. The maximum absolute atomic E-state index is 12.8. The summed E-state index contributed by atoms with van der Waals surface area (Å²) in [7, 11) is 0. The standard InChI is InChI=1S/C24H29N3O/c1-4-17(3)15-27-22-9-7-6-8-21(22)25-24(27)19-14-23(28)26(16-19)20-12-10-18(5-2)11-13-20/h6-13,17,19H,4-5,14-16H2,1-3H3. The summed E-state index contributed by atoms with van der Waals surface area (Å²) in [4.78, 5) is 19.7. The lowest BCUT2D eigenvalue weighted by Crippen LogP contribution is -2.24. The molecule has 146 valence electrons. The zero-order valence-corrected chi connectivity index (χ0v) is 17.1. The lowest BCUT2D eigenvalue weighted by Gasteiger charge is -2.19. The Balaban J connectivity index is 1.66. The molecule has 0 spiro atoms. The van der Waals surface area contributed by atoms with E-state index < -0.39 is 0 Å². The number of carbonyl (C=O) groups is 1. The summed E-state index contributed by atoms with van der Waals surface area (Å²) in [5.74, 6) is 1.96. The number of imidazole rings is 1. The van der Waals surface area contributed by atoms with Gasteiger partial charge in [-0.3, -0.25) is 4.79 Å². The molecule has 2 aromatic carbocycles. The van der Waals surface area contributed by atoms with Crippen LogP contribution in [0.5, 0.6) is 0 Å². The highest BCUT2D eigenvalue weighted by Gasteiger charge is 2.34. The van der Waals surface area contributed by atoms with Crippen LogP contribution in [0.1, 0.15) is 50.9 Å². The van der Waals surface area contributed by atoms with Crippen molar-refractivity contribution in [2.45, 2.75) is 52.5 Å². The lowest BCUT2D eigenvalue weighted by molar-refractivity contribution is -0.117. The number of hydrogen-bond donors (Lipinski definition) is 0. The van der Waals surface area contributed by atoms with Crippen molar-refractivity contribution in [2.24, 2.45) is 5.92 Å². The largest absolute Gasteiger partial charge is 0.327 e. The van der Waals surface area contributed by atoms with Crippen LogP contribution in [-0.2, 0) is 17.8 Å². The SMILES string of the molecule is CCc1ccc(N2CC(c3nc4ccccc4n3CC(C)CC)CC2=O)cc1. The van der Waals surface area contributed by atoms with Crippen LogP contribution < -0.4 is 4.90 Å². The summed E-state index contributed by atoms with van der Waals surface area (Å²) in [6, 6.07) is 16.7. The van der Waals surface area contributed by atoms with Crippen LogP contribution in [0.4, 0.5) is 5.69 Å². The van der Waals surface area contributed by atoms with E-state index in [0.29, 0.717) is 18.9 Å². The van der Waals surface area contributed by atoms with Crippen molar-refractivity contribution in [1.29, 1.82) is 0 Å². The Kier molecular flexibility index (Phi) is 5.21. The highest BCUT2D eigenvalue weighted by atomic mass is 16.2. The second kappa shape index (κ2) is 7.78. The number of nitrogens with zero attached hydrogens (tertiary/aromatic N) is 3. The van der Waals surface area contributed by atoms with Gasteiger partial charge in [-0.05, 0) is 42.2 Å². The second-order valence-corrected chi connectivity index (χ2v) is 8.01. The molecular formula is C24H29N3O. The first kappa shape index (κ1) is 18.7. The molecule has 28 heavy (non-hydrogen) atoms. The Morgan fingerprint density at radius 2 is 1.86 bits per heavy atom. The van der Waals surface area contributed by atoms with Gasteiger partial charge in [-0.25, -0.2) is 4.98 Å². The molecule has 2 unspecified atom stereocenters. The second-order valence-electron chi connectivity index (χ2n) is 8.01. The van der Waals surface area contributed by atoms with Crippen molar-refractivity contribution in [1.82, 2.24) is 9.55 Å². The molecule has 1 saturated heterocycles. The van der Waals surface area contributed by atoms with Gasteiger partial charge in [0.25, 0.3) is 0 Å². The van der Waals surface area contributed by atoms with Gasteiger partial charge in [-0.15, -0.1) is 0 Å². The quantitative estimate of drug-likeness (QED) is 0.596. The topological polar surface area (TPSA) is 38.1 Å². The first-order valence-electron chi connectivity index (χ1n) is 10.4. The van der Waals surface area contributed by atoms with Gasteiger partial charge in [0.15, 0.2) is 0 Å². The zero-order chi connectivity index (χ0) is 19.7. The minimum atomic E-state index is 0.134. The Morgan fingerprint density at radius 1 is 1.11 bits per heavy atom. The number of carbonyl (C=O) groups excluding carboxylic acids is 1. The van der Waals surface area contributed by atoms with Gasteiger partial charge in [0, 0.05) is 31.1 Å². The molecule has 0 aliphatic carbocycles. The van der Waals surface area contributed by atoms with Crippen molar-refractivity contribution in [3.05, 3.63) is 59.9 Å². The molecule has 0 bridgehead atoms. The summed E-state index contributed by atoms with van der Waals surface area (Å²) < 4.78 is 2.35. The van der Waals surface area contributed by atoms with E-state index in [2.05, 4.69) is 67.8 Å². The van der Waals surface area contributed by atoms with Crippen LogP contribution in [0, 0.1) is 5.92 Å². The summed E-state index contributed by atoms with van der Waals surface area (Å²) in [6.07, 6.45) is 2.67. The number of rotatable bonds is 6. The van der Waals surface area contributed by atoms with Gasteiger partial charge in [0.05, 0.1) is 11.0 Å². The molecule has 0 N–H and O–H groups in total. The molecule has 1 aliphatic heterocycles. The zero-order valence-electron chi connectivity index (χ0n) is 17.1. The third-order valence-electron chi connectivity index (χ3n) is 6.02. The maximum Gasteiger partial charge on any atom is 0.227 e. The van der Waals surface area contributed by atoms with E-state index in [1.165, 1.54) is 11.1 Å². The summed E-state index contributed by atoms with van der Waals surface area (Å²) in [5.41, 5.74) is 4.49. The van der Waals surface area contributed by atoms with E-state index in [1.807, 2.05) is 11.0 Å².